The van der Waals surface area contributed by atoms with Crippen LogP contribution in [0.2, 0.25) is 0 Å². The van der Waals surface area contributed by atoms with Crippen molar-refractivity contribution >= 4 is 5.69 Å². The number of ether oxygens (including phenoxy) is 14. The Labute approximate surface area is 434 Å². The van der Waals surface area contributed by atoms with Gasteiger partial charge in [-0.3, -0.25) is 10.1 Å². The molecule has 1 unspecified atom stereocenters. The predicted octanol–water partition coefficient (Wildman–Crippen LogP) is 8.29. The van der Waals surface area contributed by atoms with E-state index < -0.39 is 72.6 Å². The molecule has 0 aliphatic carbocycles. The molecule has 75 heavy (non-hydrogen) atoms. The summed E-state index contributed by atoms with van der Waals surface area (Å²) in [5.74, 6) is 2.95. The molecule has 3 saturated heterocycles. The molecule has 0 saturated carbocycles. The molecule has 1 N–H and O–H groups in total. The fourth-order valence-corrected chi connectivity index (χ4v) is 8.97. The minimum Gasteiger partial charge on any atom is -0.497 e. The topological polar surface area (TPSA) is 193 Å². The Balaban J connectivity index is 1.09. The van der Waals surface area contributed by atoms with Gasteiger partial charge >= 0.3 is 0 Å². The number of aliphatic hydroxyl groups excluding tert-OH is 1. The van der Waals surface area contributed by atoms with E-state index in [9.17, 15) is 15.2 Å². The molecule has 3 aliphatic rings. The van der Waals surface area contributed by atoms with E-state index in [1.807, 2.05) is 127 Å². The highest BCUT2D eigenvalue weighted by molar-refractivity contribution is 5.36. The van der Waals surface area contributed by atoms with Crippen LogP contribution in [0.5, 0.6) is 28.7 Å². The molecule has 18 nitrogen and oxygen atoms in total. The molecule has 3 heterocycles. The SMILES string of the molecule is COc1ccc(COC[C@H]2O[C@H](O[C@H]3[C@@H](Oc4ccc([N+](=O)[O-])cc4)O[C@@H]4COC(c5ccccc5)O[C@H]4[C@@H]3O)[C@H](OCc3ccc(OC)cc3)[C@@H](OCc3ccc(OC)cc3)[C@@H]2OCc2ccc(OC)cc2)cc1. The van der Waals surface area contributed by atoms with Gasteiger partial charge in [-0.25, -0.2) is 0 Å². The van der Waals surface area contributed by atoms with E-state index in [-0.39, 0.29) is 51.1 Å². The standard InChI is InChI=1S/C57H61NO17/c1-62-42-20-10-36(11-21-42)30-66-34-47-51(67-31-37-12-22-43(63-2)23-13-37)53(68-32-38-14-24-44(64-3)25-15-38)54(69-33-39-16-26-45(65-4)27-17-39)57(72-47)75-52-49(59)50-48(35-70-55(74-50)40-8-6-5-7-9-40)73-56(52)71-46-28-18-41(19-29-46)58(60)61/h5-29,47-57,59H,30-35H2,1-4H3/t47-,48-,49+,50-,51-,52-,53+,54-,55?,56+,57-/m1/s1. The van der Waals surface area contributed by atoms with Crippen molar-refractivity contribution in [3.63, 3.8) is 0 Å². The van der Waals surface area contributed by atoms with Crippen LogP contribution in [0.4, 0.5) is 5.69 Å². The Bertz CT molecular complexity index is 2680. The fourth-order valence-electron chi connectivity index (χ4n) is 8.97. The quantitative estimate of drug-likeness (QED) is 0.0476. The van der Waals surface area contributed by atoms with Gasteiger partial charge in [-0.1, -0.05) is 78.9 Å². The van der Waals surface area contributed by atoms with Crippen molar-refractivity contribution in [1.82, 2.24) is 0 Å². The van der Waals surface area contributed by atoms with E-state index in [0.29, 0.717) is 23.0 Å². The van der Waals surface area contributed by atoms with Gasteiger partial charge in [-0.2, -0.15) is 0 Å². The molecular formula is C57H61NO17. The van der Waals surface area contributed by atoms with Crippen LogP contribution in [-0.4, -0.2) is 113 Å². The second kappa shape index (κ2) is 25.7. The zero-order valence-corrected chi connectivity index (χ0v) is 42.0. The van der Waals surface area contributed by atoms with Crippen LogP contribution in [0.15, 0.2) is 152 Å². The minimum atomic E-state index is -1.43. The molecule has 18 heteroatoms. The Hall–Kier alpha value is -6.68. The number of nitro benzene ring substituents is 1. The highest BCUT2D eigenvalue weighted by Gasteiger charge is 2.55. The van der Waals surface area contributed by atoms with Gasteiger partial charge in [0.25, 0.3) is 5.69 Å². The van der Waals surface area contributed by atoms with E-state index in [4.69, 9.17) is 66.3 Å². The van der Waals surface area contributed by atoms with Gasteiger partial charge in [0.1, 0.15) is 71.5 Å². The summed E-state index contributed by atoms with van der Waals surface area (Å²) in [4.78, 5) is 11.1. The monoisotopic (exact) mass is 1030 g/mol. The number of non-ortho nitro benzene ring substituents is 1. The Morgan fingerprint density at radius 2 is 1.01 bits per heavy atom. The number of hydrogen-bond donors (Lipinski definition) is 1. The maximum Gasteiger partial charge on any atom is 0.269 e. The first-order chi connectivity index (χ1) is 36.7. The molecule has 0 spiro atoms. The maximum atomic E-state index is 12.6. The van der Waals surface area contributed by atoms with E-state index in [0.717, 1.165) is 27.8 Å². The number of fused-ring (bicyclic) bond motifs is 1. The van der Waals surface area contributed by atoms with Crippen LogP contribution in [0.1, 0.15) is 34.1 Å². The second-order valence-corrected chi connectivity index (χ2v) is 18.0. The maximum absolute atomic E-state index is 12.6. The number of methoxy groups -OCH3 is 4. The molecule has 0 amide bonds. The van der Waals surface area contributed by atoms with E-state index >= 15 is 0 Å². The number of rotatable bonds is 23. The summed E-state index contributed by atoms with van der Waals surface area (Å²) < 4.78 is 88.8. The molecule has 0 bridgehead atoms. The molecule has 0 radical (unpaired) electrons. The molecule has 11 atom stereocenters. The highest BCUT2D eigenvalue weighted by atomic mass is 16.8. The van der Waals surface area contributed by atoms with Crippen LogP contribution >= 0.6 is 0 Å². The van der Waals surface area contributed by atoms with Crippen LogP contribution in [-0.2, 0) is 69.1 Å². The lowest BCUT2D eigenvalue weighted by Gasteiger charge is -2.50. The molecule has 3 aliphatic heterocycles. The lowest BCUT2D eigenvalue weighted by molar-refractivity contribution is -0.390. The normalized spacial score (nSPS) is 25.4. The third-order valence-corrected chi connectivity index (χ3v) is 13.1. The van der Waals surface area contributed by atoms with Crippen LogP contribution in [0.25, 0.3) is 0 Å². The Morgan fingerprint density at radius 3 is 1.52 bits per heavy atom. The first-order valence-corrected chi connectivity index (χ1v) is 24.5. The molecular weight excluding hydrogens is 971 g/mol. The largest absolute Gasteiger partial charge is 0.497 e. The van der Waals surface area contributed by atoms with Crippen molar-refractivity contribution in [1.29, 1.82) is 0 Å². The van der Waals surface area contributed by atoms with Crippen LogP contribution in [0, 0.1) is 10.1 Å². The lowest BCUT2D eigenvalue weighted by atomic mass is 9.95. The molecule has 396 valence electrons. The summed E-state index contributed by atoms with van der Waals surface area (Å²) >= 11 is 0. The van der Waals surface area contributed by atoms with Gasteiger partial charge in [-0.15, -0.1) is 0 Å². The molecule has 9 rings (SSSR count). The summed E-state index contributed by atoms with van der Waals surface area (Å²) in [6, 6.07) is 44.9. The third-order valence-electron chi connectivity index (χ3n) is 13.1. The Morgan fingerprint density at radius 1 is 0.533 bits per heavy atom. The second-order valence-electron chi connectivity index (χ2n) is 18.0. The van der Waals surface area contributed by atoms with Gasteiger partial charge in [0.15, 0.2) is 18.7 Å². The number of hydrogen-bond acceptors (Lipinski definition) is 17. The number of aliphatic hydroxyl groups is 1. The van der Waals surface area contributed by atoms with E-state index in [1.54, 1.807) is 28.4 Å². The predicted molar refractivity (Wildman–Crippen MR) is 269 cm³/mol. The number of nitro groups is 1. The zero-order valence-electron chi connectivity index (χ0n) is 42.0. The van der Waals surface area contributed by atoms with E-state index in [1.165, 1.54) is 24.3 Å². The van der Waals surface area contributed by atoms with E-state index in [2.05, 4.69) is 0 Å². The van der Waals surface area contributed by atoms with Crippen molar-refractivity contribution < 1.29 is 76.3 Å². The van der Waals surface area contributed by atoms with Gasteiger partial charge in [0, 0.05) is 17.7 Å². The van der Waals surface area contributed by atoms with Crippen molar-refractivity contribution in [2.24, 2.45) is 0 Å². The highest BCUT2D eigenvalue weighted by Crippen LogP contribution is 2.39. The Kier molecular flexibility index (Phi) is 18.2. The number of benzene rings is 6. The van der Waals surface area contributed by atoms with Gasteiger partial charge < -0.3 is 71.4 Å². The smallest absolute Gasteiger partial charge is 0.269 e. The average molecular weight is 1030 g/mol. The summed E-state index contributed by atoms with van der Waals surface area (Å²) in [6.07, 6.45) is -11.9. The van der Waals surface area contributed by atoms with Gasteiger partial charge in [-0.05, 0) is 82.9 Å². The van der Waals surface area contributed by atoms with Gasteiger partial charge in [0.2, 0.25) is 6.29 Å². The van der Waals surface area contributed by atoms with Crippen molar-refractivity contribution in [2.45, 2.75) is 94.1 Å². The van der Waals surface area contributed by atoms with Crippen molar-refractivity contribution in [3.8, 4) is 28.7 Å². The first kappa shape index (κ1) is 53.2. The summed E-state index contributed by atoms with van der Waals surface area (Å²) in [5.41, 5.74) is 3.97. The lowest BCUT2D eigenvalue weighted by Crippen LogP contribution is -2.67. The fraction of sp³-hybridized carbons (Fsp3) is 0.368. The third kappa shape index (κ3) is 13.6. The summed E-state index contributed by atoms with van der Waals surface area (Å²) in [5, 5.41) is 24.2. The molecule has 6 aromatic carbocycles. The minimum absolute atomic E-state index is 0.0108. The van der Waals surface area contributed by atoms with Crippen LogP contribution in [0.3, 0.4) is 0 Å². The first-order valence-electron chi connectivity index (χ1n) is 24.5. The van der Waals surface area contributed by atoms with Gasteiger partial charge in [0.05, 0.1) is 73.0 Å². The average Bonchev–Trinajstić information content (AvgIpc) is 3.45. The van der Waals surface area contributed by atoms with Crippen molar-refractivity contribution in [3.05, 3.63) is 190 Å². The number of nitrogens with zero attached hydrogens (tertiary/aromatic N) is 1. The molecule has 0 aromatic heterocycles. The van der Waals surface area contributed by atoms with Crippen LogP contribution < -0.4 is 23.7 Å². The molecule has 6 aromatic rings. The summed E-state index contributed by atoms with van der Waals surface area (Å²) in [6.45, 7) is 0.524. The summed E-state index contributed by atoms with van der Waals surface area (Å²) in [7, 11) is 6.41. The zero-order chi connectivity index (χ0) is 52.1. The molecule has 3 fully saturated rings. The van der Waals surface area contributed by atoms with Crippen molar-refractivity contribution in [2.75, 3.05) is 41.7 Å².